The topological polar surface area (TPSA) is 44.7 Å². The van der Waals surface area contributed by atoms with Gasteiger partial charge >= 0.3 is 0 Å². The van der Waals surface area contributed by atoms with Gasteiger partial charge in [-0.25, -0.2) is 0 Å². The number of aliphatic hydroxyl groups is 1. The number of hydrogen-bond donors (Lipinski definition) is 2. The Kier molecular flexibility index (Phi) is 5.26. The van der Waals surface area contributed by atoms with Gasteiger partial charge in [-0.1, -0.05) is 13.8 Å². The fourth-order valence-electron chi connectivity index (χ4n) is 2.94. The van der Waals surface area contributed by atoms with Crippen LogP contribution in [0.25, 0.3) is 0 Å². The van der Waals surface area contributed by atoms with Crippen molar-refractivity contribution in [3.8, 4) is 5.75 Å². The quantitative estimate of drug-likeness (QED) is 0.867. The van der Waals surface area contributed by atoms with E-state index in [0.717, 1.165) is 43.1 Å². The number of methoxy groups -OCH3 is 1. The number of piperidine rings is 1. The van der Waals surface area contributed by atoms with Crippen LogP contribution in [0.15, 0.2) is 18.2 Å². The van der Waals surface area contributed by atoms with Crippen molar-refractivity contribution in [3.05, 3.63) is 23.8 Å². The molecule has 1 aliphatic rings. The zero-order valence-corrected chi connectivity index (χ0v) is 12.7. The number of anilines is 1. The molecular formula is C16H26N2O2. The number of nitrogens with zero attached hydrogens (tertiary/aromatic N) is 1. The van der Waals surface area contributed by atoms with Crippen LogP contribution in [0.2, 0.25) is 0 Å². The average molecular weight is 278 g/mol. The van der Waals surface area contributed by atoms with Crippen LogP contribution in [0.4, 0.5) is 5.69 Å². The maximum Gasteiger partial charge on any atom is 0.124 e. The molecule has 4 nitrogen and oxygen atoms in total. The summed E-state index contributed by atoms with van der Waals surface area (Å²) in [5.74, 6) is 1.37. The summed E-state index contributed by atoms with van der Waals surface area (Å²) in [5.41, 5.74) is 1.90. The van der Waals surface area contributed by atoms with Crippen molar-refractivity contribution >= 4 is 5.69 Å². The standard InChI is InChI=1S/C16H26N2O2/c1-4-18-8-7-15(12(2)10-18)17-14-5-6-16(20-3)13(9-14)11-19/h5-6,9,12,15,17,19H,4,7-8,10-11H2,1-3H3. The van der Waals surface area contributed by atoms with Gasteiger partial charge in [0.05, 0.1) is 13.7 Å². The molecule has 2 unspecified atom stereocenters. The molecule has 0 spiro atoms. The normalized spacial score (nSPS) is 23.6. The van der Waals surface area contributed by atoms with Crippen LogP contribution in [0.3, 0.4) is 0 Å². The number of rotatable bonds is 5. The summed E-state index contributed by atoms with van der Waals surface area (Å²) in [6.45, 7) is 7.96. The molecule has 0 amide bonds. The molecule has 0 aromatic heterocycles. The number of aliphatic hydroxyl groups excluding tert-OH is 1. The third-order valence-electron chi connectivity index (χ3n) is 4.24. The van der Waals surface area contributed by atoms with Crippen molar-refractivity contribution in [1.29, 1.82) is 0 Å². The highest BCUT2D eigenvalue weighted by Gasteiger charge is 2.25. The third-order valence-corrected chi connectivity index (χ3v) is 4.24. The number of hydrogen-bond acceptors (Lipinski definition) is 4. The molecule has 112 valence electrons. The smallest absolute Gasteiger partial charge is 0.124 e. The van der Waals surface area contributed by atoms with E-state index >= 15 is 0 Å². The van der Waals surface area contributed by atoms with Crippen LogP contribution < -0.4 is 10.1 Å². The summed E-state index contributed by atoms with van der Waals surface area (Å²) in [7, 11) is 1.63. The Labute approximate surface area is 121 Å². The Morgan fingerprint density at radius 2 is 2.25 bits per heavy atom. The van der Waals surface area contributed by atoms with E-state index < -0.39 is 0 Å². The second kappa shape index (κ2) is 6.95. The van der Waals surface area contributed by atoms with E-state index in [-0.39, 0.29) is 6.61 Å². The zero-order chi connectivity index (χ0) is 14.5. The highest BCUT2D eigenvalue weighted by molar-refractivity contribution is 5.51. The molecule has 0 aliphatic carbocycles. The molecule has 2 N–H and O–H groups in total. The zero-order valence-electron chi connectivity index (χ0n) is 12.7. The maximum absolute atomic E-state index is 9.38. The van der Waals surface area contributed by atoms with E-state index in [4.69, 9.17) is 4.74 Å². The predicted molar refractivity (Wildman–Crippen MR) is 82.2 cm³/mol. The van der Waals surface area contributed by atoms with Crippen molar-refractivity contribution in [1.82, 2.24) is 4.90 Å². The molecule has 1 fully saturated rings. The molecule has 0 bridgehead atoms. The summed E-state index contributed by atoms with van der Waals surface area (Å²) in [4.78, 5) is 2.50. The first kappa shape index (κ1) is 15.1. The largest absolute Gasteiger partial charge is 0.496 e. The van der Waals surface area contributed by atoms with Crippen LogP contribution in [-0.2, 0) is 6.61 Å². The molecule has 1 aromatic rings. The predicted octanol–water partition coefficient (Wildman–Crippen LogP) is 2.33. The first-order chi connectivity index (χ1) is 9.67. The van der Waals surface area contributed by atoms with Crippen LogP contribution in [0.5, 0.6) is 5.75 Å². The molecule has 20 heavy (non-hydrogen) atoms. The highest BCUT2D eigenvalue weighted by Crippen LogP contribution is 2.26. The Morgan fingerprint density at radius 1 is 1.45 bits per heavy atom. The van der Waals surface area contributed by atoms with Gasteiger partial charge in [-0.15, -0.1) is 0 Å². The molecule has 0 saturated carbocycles. The first-order valence-corrected chi connectivity index (χ1v) is 7.44. The lowest BCUT2D eigenvalue weighted by Crippen LogP contribution is -2.45. The summed E-state index contributed by atoms with van der Waals surface area (Å²) in [6, 6.07) is 6.42. The molecule has 0 radical (unpaired) electrons. The van der Waals surface area contributed by atoms with Crippen molar-refractivity contribution in [2.24, 2.45) is 5.92 Å². The molecule has 2 atom stereocenters. The van der Waals surface area contributed by atoms with Crippen molar-refractivity contribution in [2.45, 2.75) is 32.9 Å². The minimum absolute atomic E-state index is 0.00251. The minimum atomic E-state index is 0.00251. The van der Waals surface area contributed by atoms with Crippen LogP contribution in [0.1, 0.15) is 25.8 Å². The fraction of sp³-hybridized carbons (Fsp3) is 0.625. The van der Waals surface area contributed by atoms with Crippen molar-refractivity contribution in [3.63, 3.8) is 0 Å². The monoisotopic (exact) mass is 278 g/mol. The van der Waals surface area contributed by atoms with Gasteiger partial charge in [0, 0.05) is 30.4 Å². The summed E-state index contributed by atoms with van der Waals surface area (Å²) >= 11 is 0. The summed E-state index contributed by atoms with van der Waals surface area (Å²) in [6.07, 6.45) is 1.16. The van der Waals surface area contributed by atoms with Crippen molar-refractivity contribution < 1.29 is 9.84 Å². The van der Waals surface area contributed by atoms with Crippen molar-refractivity contribution in [2.75, 3.05) is 32.1 Å². The highest BCUT2D eigenvalue weighted by atomic mass is 16.5. The molecule has 4 heteroatoms. The lowest BCUT2D eigenvalue weighted by Gasteiger charge is -2.37. The molecule has 2 rings (SSSR count). The van der Waals surface area contributed by atoms with Gasteiger partial charge in [0.2, 0.25) is 0 Å². The van der Waals surface area contributed by atoms with Gasteiger partial charge in [0.15, 0.2) is 0 Å². The molecular weight excluding hydrogens is 252 g/mol. The van der Waals surface area contributed by atoms with E-state index in [1.807, 2.05) is 18.2 Å². The number of nitrogens with one attached hydrogen (secondary N) is 1. The lowest BCUT2D eigenvalue weighted by atomic mass is 9.93. The average Bonchev–Trinajstić information content (AvgIpc) is 2.49. The third kappa shape index (κ3) is 3.44. The minimum Gasteiger partial charge on any atom is -0.496 e. The van der Waals surface area contributed by atoms with E-state index in [9.17, 15) is 5.11 Å². The van der Waals surface area contributed by atoms with Gasteiger partial charge in [-0.3, -0.25) is 0 Å². The molecule has 1 aliphatic heterocycles. The lowest BCUT2D eigenvalue weighted by molar-refractivity contribution is 0.179. The summed E-state index contributed by atoms with van der Waals surface area (Å²) in [5, 5.41) is 13.0. The number of likely N-dealkylation sites (tertiary alicyclic amines) is 1. The molecule has 1 heterocycles. The van der Waals surface area contributed by atoms with Gasteiger partial charge < -0.3 is 20.1 Å². The SMILES string of the molecule is CCN1CCC(Nc2ccc(OC)c(CO)c2)C(C)C1. The van der Waals surface area contributed by atoms with Gasteiger partial charge in [-0.05, 0) is 37.1 Å². The number of ether oxygens (including phenoxy) is 1. The fourth-order valence-corrected chi connectivity index (χ4v) is 2.94. The van der Waals surface area contributed by atoms with Gasteiger partial charge in [-0.2, -0.15) is 0 Å². The maximum atomic E-state index is 9.38. The Morgan fingerprint density at radius 3 is 2.85 bits per heavy atom. The van der Waals surface area contributed by atoms with E-state index in [1.54, 1.807) is 7.11 Å². The summed E-state index contributed by atoms with van der Waals surface area (Å²) < 4.78 is 5.24. The van der Waals surface area contributed by atoms with Crippen LogP contribution >= 0.6 is 0 Å². The Balaban J connectivity index is 2.03. The second-order valence-electron chi connectivity index (χ2n) is 5.59. The first-order valence-electron chi connectivity index (χ1n) is 7.44. The van der Waals surface area contributed by atoms with Crippen LogP contribution in [-0.4, -0.2) is 42.8 Å². The molecule has 1 aromatic carbocycles. The van der Waals surface area contributed by atoms with Crippen LogP contribution in [0, 0.1) is 5.92 Å². The van der Waals surface area contributed by atoms with E-state index in [0.29, 0.717) is 12.0 Å². The van der Waals surface area contributed by atoms with Gasteiger partial charge in [0.25, 0.3) is 0 Å². The number of benzene rings is 1. The van der Waals surface area contributed by atoms with Gasteiger partial charge in [0.1, 0.15) is 5.75 Å². The second-order valence-corrected chi connectivity index (χ2v) is 5.59. The Bertz CT molecular complexity index is 436. The molecule has 1 saturated heterocycles. The van der Waals surface area contributed by atoms with E-state index in [1.165, 1.54) is 0 Å². The van der Waals surface area contributed by atoms with E-state index in [2.05, 4.69) is 24.1 Å². The Hall–Kier alpha value is -1.26.